The quantitative estimate of drug-likeness (QED) is 0.410. The normalized spacial score (nSPS) is 19.8. The van der Waals surface area contributed by atoms with Crippen molar-refractivity contribution in [3.05, 3.63) is 58.9 Å². The fraction of sp³-hybridized carbons (Fsp3) is 0.440. The molecule has 4 rings (SSSR count). The molecule has 2 aromatic carbocycles. The van der Waals surface area contributed by atoms with E-state index in [1.54, 1.807) is 6.92 Å². The molecule has 0 saturated carbocycles. The van der Waals surface area contributed by atoms with Gasteiger partial charge in [0.05, 0.1) is 17.1 Å². The summed E-state index contributed by atoms with van der Waals surface area (Å²) in [5, 5.41) is 3.39. The Labute approximate surface area is 200 Å². The van der Waals surface area contributed by atoms with Gasteiger partial charge in [-0.05, 0) is 52.8 Å². The van der Waals surface area contributed by atoms with Crippen LogP contribution in [0.2, 0.25) is 0 Å². The molecule has 3 aromatic rings. The molecule has 10 heteroatoms. The molecule has 0 bridgehead atoms. The third-order valence-electron chi connectivity index (χ3n) is 6.64. The van der Waals surface area contributed by atoms with Crippen molar-refractivity contribution in [2.24, 2.45) is 0 Å². The molecule has 3 atom stereocenters. The van der Waals surface area contributed by atoms with Crippen LogP contribution in [0.4, 0.5) is 27.8 Å². The van der Waals surface area contributed by atoms with Crippen molar-refractivity contribution in [1.82, 2.24) is 14.9 Å². The second-order valence-corrected chi connectivity index (χ2v) is 9.05. The maximum absolute atomic E-state index is 14.8. The van der Waals surface area contributed by atoms with Gasteiger partial charge in [0.2, 0.25) is 0 Å². The summed E-state index contributed by atoms with van der Waals surface area (Å²) in [5.74, 6) is -1.33. The van der Waals surface area contributed by atoms with Crippen LogP contribution in [-0.4, -0.2) is 40.6 Å². The molecule has 5 nitrogen and oxygen atoms in total. The molecule has 0 aliphatic carbocycles. The maximum Gasteiger partial charge on any atom is 0.419 e. The van der Waals surface area contributed by atoms with E-state index in [2.05, 4.69) is 27.1 Å². The Kier molecular flexibility index (Phi) is 6.86. The lowest BCUT2D eigenvalue weighted by Crippen LogP contribution is -2.34. The number of nitrogens with one attached hydrogen (secondary N) is 1. The topological polar surface area (TPSA) is 50.3 Å². The van der Waals surface area contributed by atoms with Gasteiger partial charge in [-0.3, -0.25) is 4.90 Å². The molecule has 0 spiro atoms. The number of likely N-dealkylation sites (N-methyl/N-ethyl adjacent to an activating group) is 1. The summed E-state index contributed by atoms with van der Waals surface area (Å²) < 4.78 is 74.8. The molecule has 1 aliphatic rings. The number of rotatable bonds is 6. The van der Waals surface area contributed by atoms with E-state index in [1.807, 2.05) is 7.05 Å². The van der Waals surface area contributed by atoms with Gasteiger partial charge in [0.25, 0.3) is 0 Å². The summed E-state index contributed by atoms with van der Waals surface area (Å²) in [6, 6.07) is 5.58. The third kappa shape index (κ3) is 5.17. The largest absolute Gasteiger partial charge is 0.489 e. The zero-order valence-electron chi connectivity index (χ0n) is 19.9. The predicted octanol–water partition coefficient (Wildman–Crippen LogP) is 6.27. The van der Waals surface area contributed by atoms with E-state index in [-0.39, 0.29) is 23.2 Å². The highest BCUT2D eigenvalue weighted by molar-refractivity contribution is 5.90. The van der Waals surface area contributed by atoms with E-state index in [0.717, 1.165) is 18.9 Å². The molecule has 1 saturated heterocycles. The van der Waals surface area contributed by atoms with Crippen LogP contribution in [-0.2, 0) is 6.18 Å². The molecule has 0 amide bonds. The van der Waals surface area contributed by atoms with Crippen LogP contribution in [0.15, 0.2) is 30.3 Å². The number of anilines is 1. The SMILES string of the molecule is Cc1nc(N[C@H](C)c2cccc(C(F)(F)F)c2F)c2cc(OC[C@@H]3CC[C@@H](C)N3C)c(F)cc2n1. The monoisotopic (exact) mass is 494 g/mol. The van der Waals surface area contributed by atoms with Crippen LogP contribution in [0, 0.1) is 18.6 Å². The number of aromatic nitrogens is 2. The second-order valence-electron chi connectivity index (χ2n) is 9.05. The van der Waals surface area contributed by atoms with Gasteiger partial charge in [-0.1, -0.05) is 12.1 Å². The zero-order chi connectivity index (χ0) is 25.5. The highest BCUT2D eigenvalue weighted by Gasteiger charge is 2.35. The van der Waals surface area contributed by atoms with Crippen LogP contribution >= 0.6 is 0 Å². The van der Waals surface area contributed by atoms with Crippen molar-refractivity contribution in [2.45, 2.75) is 57.9 Å². The first-order valence-corrected chi connectivity index (χ1v) is 11.4. The fourth-order valence-electron chi connectivity index (χ4n) is 4.44. The van der Waals surface area contributed by atoms with Gasteiger partial charge in [-0.25, -0.2) is 18.7 Å². The van der Waals surface area contributed by atoms with Crippen molar-refractivity contribution < 1.29 is 26.7 Å². The summed E-state index contributed by atoms with van der Waals surface area (Å²) in [7, 11) is 2.01. The highest BCUT2D eigenvalue weighted by atomic mass is 19.4. The van der Waals surface area contributed by atoms with Gasteiger partial charge in [0.15, 0.2) is 11.6 Å². The first kappa shape index (κ1) is 25.1. The zero-order valence-corrected chi connectivity index (χ0v) is 19.9. The summed E-state index contributed by atoms with van der Waals surface area (Å²) in [4.78, 5) is 10.8. The third-order valence-corrected chi connectivity index (χ3v) is 6.64. The van der Waals surface area contributed by atoms with Gasteiger partial charge in [0, 0.05) is 29.1 Å². The average molecular weight is 495 g/mol. The van der Waals surface area contributed by atoms with Gasteiger partial charge < -0.3 is 10.1 Å². The van der Waals surface area contributed by atoms with Gasteiger partial charge in [-0.15, -0.1) is 0 Å². The molecular weight excluding hydrogens is 467 g/mol. The van der Waals surface area contributed by atoms with Crippen LogP contribution in [0.3, 0.4) is 0 Å². The number of aryl methyl sites for hydroxylation is 1. The summed E-state index contributed by atoms with van der Waals surface area (Å²) in [5.41, 5.74) is -1.20. The predicted molar refractivity (Wildman–Crippen MR) is 123 cm³/mol. The Balaban J connectivity index is 1.64. The highest BCUT2D eigenvalue weighted by Crippen LogP contribution is 2.36. The Bertz CT molecular complexity index is 1230. The molecule has 35 heavy (non-hydrogen) atoms. The van der Waals surface area contributed by atoms with E-state index >= 15 is 0 Å². The number of benzene rings is 2. The van der Waals surface area contributed by atoms with Crippen LogP contribution < -0.4 is 10.1 Å². The number of alkyl halides is 3. The Hall–Kier alpha value is -3.01. The first-order valence-electron chi connectivity index (χ1n) is 11.4. The minimum Gasteiger partial charge on any atom is -0.489 e. The number of fused-ring (bicyclic) bond motifs is 1. The number of ether oxygens (including phenoxy) is 1. The Morgan fingerprint density at radius 2 is 1.91 bits per heavy atom. The van der Waals surface area contributed by atoms with Crippen LogP contribution in [0.25, 0.3) is 10.9 Å². The van der Waals surface area contributed by atoms with E-state index in [1.165, 1.54) is 25.1 Å². The number of halogens is 5. The minimum atomic E-state index is -4.81. The molecule has 1 N–H and O–H groups in total. The maximum atomic E-state index is 14.8. The molecule has 2 heterocycles. The van der Waals surface area contributed by atoms with Crippen LogP contribution in [0.5, 0.6) is 5.75 Å². The standard InChI is InChI=1S/C25H27F5N4O/c1-13-8-9-16(34(13)4)12-35-22-10-18-21(11-20(22)26)32-15(3)33-24(18)31-14(2)17-6-5-7-19(23(17)27)25(28,29)30/h5-7,10-11,13-14,16H,8-9,12H2,1-4H3,(H,31,32,33)/t13-,14-,16+/m1/s1. The van der Waals surface area contributed by atoms with E-state index in [0.29, 0.717) is 35.4 Å². The number of hydrogen-bond donors (Lipinski definition) is 1. The smallest absolute Gasteiger partial charge is 0.419 e. The van der Waals surface area contributed by atoms with Crippen LogP contribution in [0.1, 0.15) is 49.7 Å². The van der Waals surface area contributed by atoms with E-state index < -0.39 is 29.4 Å². The molecule has 1 fully saturated rings. The molecule has 1 aromatic heterocycles. The number of hydrogen-bond acceptors (Lipinski definition) is 5. The minimum absolute atomic E-state index is 0.0267. The first-order chi connectivity index (χ1) is 16.5. The average Bonchev–Trinajstić information content (AvgIpc) is 3.09. The number of likely N-dealkylation sites (tertiary alicyclic amines) is 1. The summed E-state index contributed by atoms with van der Waals surface area (Å²) in [6.45, 7) is 5.58. The molecule has 188 valence electrons. The van der Waals surface area contributed by atoms with Crippen molar-refractivity contribution in [2.75, 3.05) is 19.0 Å². The molecular formula is C25H27F5N4O. The van der Waals surface area contributed by atoms with Crippen molar-refractivity contribution in [3.8, 4) is 5.75 Å². The Morgan fingerprint density at radius 1 is 1.17 bits per heavy atom. The van der Waals surface area contributed by atoms with Crippen molar-refractivity contribution in [1.29, 1.82) is 0 Å². The molecule has 0 unspecified atom stereocenters. The van der Waals surface area contributed by atoms with E-state index in [9.17, 15) is 22.0 Å². The van der Waals surface area contributed by atoms with Gasteiger partial charge >= 0.3 is 6.18 Å². The summed E-state index contributed by atoms with van der Waals surface area (Å²) >= 11 is 0. The van der Waals surface area contributed by atoms with Gasteiger partial charge in [0.1, 0.15) is 24.1 Å². The Morgan fingerprint density at radius 3 is 2.57 bits per heavy atom. The lowest BCUT2D eigenvalue weighted by Gasteiger charge is -2.23. The van der Waals surface area contributed by atoms with Crippen molar-refractivity contribution >= 4 is 16.7 Å². The number of nitrogens with zero attached hydrogens (tertiary/aromatic N) is 3. The lowest BCUT2D eigenvalue weighted by atomic mass is 10.0. The second kappa shape index (κ2) is 9.56. The molecule has 1 aliphatic heterocycles. The fourth-order valence-corrected chi connectivity index (χ4v) is 4.44. The van der Waals surface area contributed by atoms with Crippen molar-refractivity contribution in [3.63, 3.8) is 0 Å². The summed E-state index contributed by atoms with van der Waals surface area (Å²) in [6.07, 6.45) is -2.83. The molecule has 0 radical (unpaired) electrons. The van der Waals surface area contributed by atoms with E-state index in [4.69, 9.17) is 4.74 Å². The lowest BCUT2D eigenvalue weighted by molar-refractivity contribution is -0.140. The van der Waals surface area contributed by atoms with Gasteiger partial charge in [-0.2, -0.15) is 13.2 Å².